The van der Waals surface area contributed by atoms with Crippen LogP contribution < -0.4 is 10.2 Å². The summed E-state index contributed by atoms with van der Waals surface area (Å²) < 4.78 is 151. The molecule has 0 radical (unpaired) electrons. The summed E-state index contributed by atoms with van der Waals surface area (Å²) in [4.78, 5) is 27.5. The second-order valence-corrected chi connectivity index (χ2v) is 11.8. The lowest BCUT2D eigenvalue weighted by atomic mass is 9.92. The zero-order valence-corrected chi connectivity index (χ0v) is 25.5. The molecule has 18 heteroatoms. The topological polar surface area (TPSA) is 49.4 Å². The molecule has 0 bridgehead atoms. The third-order valence-electron chi connectivity index (χ3n) is 6.88. The number of carbonyl (C=O) groups is 2. The van der Waals surface area contributed by atoms with Gasteiger partial charge in [-0.15, -0.1) is 0 Å². The third-order valence-corrected chi connectivity index (χ3v) is 8.24. The number of nitrogens with one attached hydrogen (secondary N) is 1. The smallest absolute Gasteiger partial charge is 0.320 e. The summed E-state index contributed by atoms with van der Waals surface area (Å²) in [6, 6.07) is 5.84. The number of carbonyl (C=O) groups excluding carboxylic acids is 2. The van der Waals surface area contributed by atoms with Gasteiger partial charge in [-0.3, -0.25) is 9.59 Å². The highest BCUT2D eigenvalue weighted by Crippen LogP contribution is 2.55. The molecule has 1 fully saturated rings. The van der Waals surface area contributed by atoms with Gasteiger partial charge >= 0.3 is 24.2 Å². The normalized spacial score (nSPS) is 14.3. The average molecular weight is 772 g/mol. The van der Waals surface area contributed by atoms with Gasteiger partial charge < -0.3 is 10.2 Å². The van der Waals surface area contributed by atoms with Crippen molar-refractivity contribution in [2.45, 2.75) is 37.0 Å². The van der Waals surface area contributed by atoms with Gasteiger partial charge in [-0.2, -0.15) is 39.5 Å². The Bertz CT molecular complexity index is 1680. The Hall–Kier alpha value is -3.11. The Balaban J connectivity index is 1.77. The number of hydrogen-bond donors (Lipinski definition) is 1. The van der Waals surface area contributed by atoms with Crippen molar-refractivity contribution >= 4 is 62.3 Å². The summed E-state index contributed by atoms with van der Waals surface area (Å²) in [7, 11) is 0. The molecule has 4 rings (SSSR count). The SMILES string of the molecule is O=C(Nc1c(Br)cc(C(F)(C(F)(F)F)C(F)(F)F)cc1C(F)(F)F)c1cccc(N(CC2CC2)C(=O)c2ccc(Cl)c(Cl)c2)c1F. The molecule has 1 N–H and O–H groups in total. The Labute approximate surface area is 270 Å². The van der Waals surface area contributed by atoms with Crippen LogP contribution in [0.25, 0.3) is 0 Å². The summed E-state index contributed by atoms with van der Waals surface area (Å²) >= 11 is 14.3. The number of amides is 2. The molecule has 0 aliphatic heterocycles. The van der Waals surface area contributed by atoms with Crippen LogP contribution in [0.1, 0.15) is 44.7 Å². The molecule has 1 aliphatic rings. The Kier molecular flexibility index (Phi) is 9.70. The molecular formula is C28H16BrCl2F11N2O2. The standard InChI is InChI=1S/C28H16BrCl2F11N2O2/c29-17-10-14(25(33,27(37,38)39)28(40,41)42)9-16(26(34,35)36)22(17)43-23(45)15-2-1-3-20(21(15)32)44(11-12-4-5-12)24(46)13-6-7-18(30)19(31)8-13/h1-3,6-10,12H,4-5,11H2,(H,43,45). The maximum Gasteiger partial charge on any atom is 0.435 e. The van der Waals surface area contributed by atoms with Crippen LogP contribution in [0.3, 0.4) is 0 Å². The van der Waals surface area contributed by atoms with Crippen LogP contribution in [0.5, 0.6) is 0 Å². The van der Waals surface area contributed by atoms with Crippen molar-refractivity contribution in [3.63, 3.8) is 0 Å². The molecule has 3 aromatic carbocycles. The first-order valence-corrected chi connectivity index (χ1v) is 14.2. The van der Waals surface area contributed by atoms with E-state index in [-0.39, 0.29) is 34.1 Å². The summed E-state index contributed by atoms with van der Waals surface area (Å²) in [6.07, 6.45) is -17.8. The maximum absolute atomic E-state index is 15.8. The fourth-order valence-electron chi connectivity index (χ4n) is 4.36. The lowest BCUT2D eigenvalue weighted by molar-refractivity contribution is -0.348. The van der Waals surface area contributed by atoms with Gasteiger partial charge in [0.25, 0.3) is 11.8 Å². The number of alkyl halides is 10. The lowest BCUT2D eigenvalue weighted by Gasteiger charge is -2.31. The van der Waals surface area contributed by atoms with E-state index in [0.717, 1.165) is 23.1 Å². The minimum Gasteiger partial charge on any atom is -0.320 e. The summed E-state index contributed by atoms with van der Waals surface area (Å²) in [5.41, 5.74) is -13.9. The van der Waals surface area contributed by atoms with Gasteiger partial charge in [0.1, 0.15) is 0 Å². The summed E-state index contributed by atoms with van der Waals surface area (Å²) in [6.45, 7) is -0.0320. The molecule has 1 aliphatic carbocycles. The monoisotopic (exact) mass is 770 g/mol. The third kappa shape index (κ3) is 6.93. The van der Waals surface area contributed by atoms with Crippen molar-refractivity contribution in [2.75, 3.05) is 16.8 Å². The number of rotatable bonds is 7. The van der Waals surface area contributed by atoms with Crippen molar-refractivity contribution in [1.29, 1.82) is 0 Å². The highest BCUT2D eigenvalue weighted by Gasteiger charge is 2.73. The number of anilines is 2. The molecule has 0 saturated heterocycles. The highest BCUT2D eigenvalue weighted by molar-refractivity contribution is 9.10. The van der Waals surface area contributed by atoms with E-state index in [2.05, 4.69) is 15.9 Å². The van der Waals surface area contributed by atoms with Crippen LogP contribution in [0, 0.1) is 11.7 Å². The largest absolute Gasteiger partial charge is 0.435 e. The van der Waals surface area contributed by atoms with Gasteiger partial charge in [0.05, 0.1) is 32.5 Å². The zero-order valence-electron chi connectivity index (χ0n) is 22.4. The Morgan fingerprint density at radius 3 is 2.00 bits per heavy atom. The molecule has 0 spiro atoms. The first-order valence-electron chi connectivity index (χ1n) is 12.7. The lowest BCUT2D eigenvalue weighted by Crippen LogP contribution is -2.50. The van der Waals surface area contributed by atoms with Crippen molar-refractivity contribution in [1.82, 2.24) is 0 Å². The summed E-state index contributed by atoms with van der Waals surface area (Å²) in [5.74, 6) is -3.86. The zero-order chi connectivity index (χ0) is 34.6. The predicted octanol–water partition coefficient (Wildman–Crippen LogP) is 10.5. The van der Waals surface area contributed by atoms with Crippen LogP contribution in [0.4, 0.5) is 59.7 Å². The molecule has 0 heterocycles. The molecule has 3 aromatic rings. The predicted molar refractivity (Wildman–Crippen MR) is 149 cm³/mol. The quantitative estimate of drug-likeness (QED) is 0.243. The molecule has 0 atom stereocenters. The summed E-state index contributed by atoms with van der Waals surface area (Å²) in [5, 5.41) is 1.74. The van der Waals surface area contributed by atoms with E-state index in [1.165, 1.54) is 18.2 Å². The van der Waals surface area contributed by atoms with E-state index in [0.29, 0.717) is 12.8 Å². The van der Waals surface area contributed by atoms with Gasteiger partial charge in [0.2, 0.25) is 0 Å². The van der Waals surface area contributed by atoms with Crippen LogP contribution >= 0.6 is 39.1 Å². The first kappa shape index (κ1) is 35.7. The Morgan fingerprint density at radius 2 is 1.48 bits per heavy atom. The number of benzene rings is 3. The number of halogens is 14. The van der Waals surface area contributed by atoms with Crippen LogP contribution in [0.2, 0.25) is 10.0 Å². The number of nitrogens with zero attached hydrogens (tertiary/aromatic N) is 1. The molecule has 248 valence electrons. The second kappa shape index (κ2) is 12.5. The molecule has 4 nitrogen and oxygen atoms in total. The van der Waals surface area contributed by atoms with Gasteiger partial charge in [-0.1, -0.05) is 29.3 Å². The van der Waals surface area contributed by atoms with E-state index in [1.807, 2.05) is 0 Å². The Morgan fingerprint density at radius 1 is 0.870 bits per heavy atom. The molecular weight excluding hydrogens is 756 g/mol. The van der Waals surface area contributed by atoms with E-state index >= 15 is 4.39 Å². The maximum atomic E-state index is 15.8. The van der Waals surface area contributed by atoms with Gasteiger partial charge in [0, 0.05) is 22.1 Å². The molecule has 1 saturated carbocycles. The number of hydrogen-bond acceptors (Lipinski definition) is 2. The van der Waals surface area contributed by atoms with Crippen molar-refractivity contribution in [2.24, 2.45) is 5.92 Å². The molecule has 46 heavy (non-hydrogen) atoms. The fraction of sp³-hybridized carbons (Fsp3) is 0.286. The van der Waals surface area contributed by atoms with E-state index < -0.39 is 80.4 Å². The minimum absolute atomic E-state index is 0.0000209. The average Bonchev–Trinajstić information content (AvgIpc) is 3.76. The molecule has 0 aromatic heterocycles. The highest BCUT2D eigenvalue weighted by atomic mass is 79.9. The van der Waals surface area contributed by atoms with Gasteiger partial charge in [-0.05, 0) is 77.2 Å². The molecule has 0 unspecified atom stereocenters. The van der Waals surface area contributed by atoms with Gasteiger partial charge in [0.15, 0.2) is 5.82 Å². The van der Waals surface area contributed by atoms with E-state index in [4.69, 9.17) is 23.2 Å². The van der Waals surface area contributed by atoms with Crippen molar-refractivity contribution in [3.8, 4) is 0 Å². The van der Waals surface area contributed by atoms with Crippen molar-refractivity contribution in [3.05, 3.63) is 91.1 Å². The van der Waals surface area contributed by atoms with Crippen LogP contribution in [0.15, 0.2) is 53.0 Å². The van der Waals surface area contributed by atoms with Crippen molar-refractivity contribution < 1.29 is 57.9 Å². The first-order chi connectivity index (χ1) is 21.1. The van der Waals surface area contributed by atoms with Crippen LogP contribution in [-0.2, 0) is 11.8 Å². The second-order valence-electron chi connectivity index (χ2n) is 10.1. The van der Waals surface area contributed by atoms with E-state index in [9.17, 15) is 53.5 Å². The van der Waals surface area contributed by atoms with E-state index in [1.54, 1.807) is 5.32 Å². The van der Waals surface area contributed by atoms with Crippen LogP contribution in [-0.4, -0.2) is 30.7 Å². The van der Waals surface area contributed by atoms with Gasteiger partial charge in [-0.25, -0.2) is 8.78 Å². The fourth-order valence-corrected chi connectivity index (χ4v) is 5.22. The minimum atomic E-state index is -6.73. The molecule has 2 amide bonds.